The summed E-state index contributed by atoms with van der Waals surface area (Å²) < 4.78 is 0. The molecule has 0 heterocycles. The van der Waals surface area contributed by atoms with Crippen LogP contribution in [0, 0.1) is 0 Å². The Bertz CT molecular complexity index is 609. The number of hydrogen-bond donors (Lipinski definition) is 4. The minimum Gasteiger partial charge on any atom is -0.508 e. The van der Waals surface area contributed by atoms with Crippen LogP contribution in [-0.4, -0.2) is 17.1 Å². The van der Waals surface area contributed by atoms with Gasteiger partial charge in [-0.3, -0.25) is 4.79 Å². The number of phenolic OH excluding ortho intramolecular Hbond substituents is 1. The van der Waals surface area contributed by atoms with Crippen molar-refractivity contribution in [2.24, 2.45) is 0 Å². The second kappa shape index (κ2) is 6.65. The summed E-state index contributed by atoms with van der Waals surface area (Å²) in [7, 11) is 0. The normalized spacial score (nSPS) is 10.2. The monoisotopic (exact) mass is 285 g/mol. The fourth-order valence-corrected chi connectivity index (χ4v) is 1.81. The summed E-state index contributed by atoms with van der Waals surface area (Å²) in [5, 5.41) is 12.1. The Hall–Kier alpha value is -2.69. The Morgan fingerprint density at radius 1 is 1.00 bits per heavy atom. The second-order valence-electron chi connectivity index (χ2n) is 4.97. The smallest absolute Gasteiger partial charge is 0.253 e. The Labute approximate surface area is 124 Å². The van der Waals surface area contributed by atoms with E-state index in [1.807, 2.05) is 32.0 Å². The summed E-state index contributed by atoms with van der Waals surface area (Å²) in [4.78, 5) is 12.1. The van der Waals surface area contributed by atoms with Crippen LogP contribution in [0.25, 0.3) is 0 Å². The number of para-hydroxylation sites is 1. The third-order valence-electron chi connectivity index (χ3n) is 2.80. The molecule has 5 heteroatoms. The molecule has 0 atom stereocenters. The lowest BCUT2D eigenvalue weighted by molar-refractivity contribution is 0.0944. The number of aromatic hydroxyl groups is 1. The van der Waals surface area contributed by atoms with Gasteiger partial charge in [0.25, 0.3) is 5.91 Å². The molecular formula is C16H19N3O2. The van der Waals surface area contributed by atoms with Gasteiger partial charge in [0.1, 0.15) is 5.75 Å². The SMILES string of the molecule is CC(C)NC(=O)c1ccccc1NNc1ccc(O)cc1. The number of rotatable bonds is 5. The van der Waals surface area contributed by atoms with Gasteiger partial charge in [0.2, 0.25) is 0 Å². The van der Waals surface area contributed by atoms with Crippen molar-refractivity contribution in [2.75, 3.05) is 10.9 Å². The van der Waals surface area contributed by atoms with E-state index >= 15 is 0 Å². The number of nitrogens with one attached hydrogen (secondary N) is 3. The van der Waals surface area contributed by atoms with E-state index in [0.29, 0.717) is 11.3 Å². The Morgan fingerprint density at radius 2 is 1.67 bits per heavy atom. The second-order valence-corrected chi connectivity index (χ2v) is 4.97. The number of hydrazine groups is 1. The molecule has 0 aromatic heterocycles. The molecule has 0 unspecified atom stereocenters. The van der Waals surface area contributed by atoms with Crippen molar-refractivity contribution in [1.82, 2.24) is 5.32 Å². The van der Waals surface area contributed by atoms with Crippen LogP contribution >= 0.6 is 0 Å². The highest BCUT2D eigenvalue weighted by atomic mass is 16.3. The van der Waals surface area contributed by atoms with E-state index in [0.717, 1.165) is 5.69 Å². The summed E-state index contributed by atoms with van der Waals surface area (Å²) >= 11 is 0. The number of carbonyl (C=O) groups is 1. The molecule has 0 saturated carbocycles. The fourth-order valence-electron chi connectivity index (χ4n) is 1.81. The van der Waals surface area contributed by atoms with E-state index in [2.05, 4.69) is 16.2 Å². The van der Waals surface area contributed by atoms with Crippen molar-refractivity contribution in [3.05, 3.63) is 54.1 Å². The van der Waals surface area contributed by atoms with Gasteiger partial charge < -0.3 is 21.3 Å². The lowest BCUT2D eigenvalue weighted by atomic mass is 10.1. The molecule has 0 bridgehead atoms. The van der Waals surface area contributed by atoms with E-state index in [1.54, 1.807) is 30.3 Å². The quantitative estimate of drug-likeness (QED) is 0.503. The standard InChI is InChI=1S/C16H19N3O2/c1-11(2)17-16(21)14-5-3-4-6-15(14)19-18-12-7-9-13(20)10-8-12/h3-11,18-20H,1-2H3,(H,17,21). The maximum Gasteiger partial charge on any atom is 0.253 e. The highest BCUT2D eigenvalue weighted by molar-refractivity contribution is 5.99. The van der Waals surface area contributed by atoms with Crippen LogP contribution in [0.4, 0.5) is 11.4 Å². The van der Waals surface area contributed by atoms with E-state index in [9.17, 15) is 9.90 Å². The molecule has 0 aliphatic rings. The number of phenols is 1. The maximum atomic E-state index is 12.1. The lowest BCUT2D eigenvalue weighted by Gasteiger charge is -2.15. The van der Waals surface area contributed by atoms with Crippen LogP contribution in [0.3, 0.4) is 0 Å². The van der Waals surface area contributed by atoms with Crippen LogP contribution in [0.5, 0.6) is 5.75 Å². The number of hydrogen-bond acceptors (Lipinski definition) is 4. The highest BCUT2D eigenvalue weighted by Crippen LogP contribution is 2.17. The van der Waals surface area contributed by atoms with Crippen molar-refractivity contribution in [2.45, 2.75) is 19.9 Å². The lowest BCUT2D eigenvalue weighted by Crippen LogP contribution is -2.31. The third kappa shape index (κ3) is 4.14. The van der Waals surface area contributed by atoms with Crippen LogP contribution in [-0.2, 0) is 0 Å². The summed E-state index contributed by atoms with van der Waals surface area (Å²) in [5.74, 6) is 0.0814. The van der Waals surface area contributed by atoms with Crippen molar-refractivity contribution in [1.29, 1.82) is 0 Å². The minimum atomic E-state index is -0.124. The molecule has 0 fully saturated rings. The zero-order valence-electron chi connectivity index (χ0n) is 12.1. The van der Waals surface area contributed by atoms with Crippen molar-refractivity contribution in [3.8, 4) is 5.75 Å². The zero-order chi connectivity index (χ0) is 15.2. The first kappa shape index (κ1) is 14.7. The number of amides is 1. The van der Waals surface area contributed by atoms with Gasteiger partial charge in [-0.1, -0.05) is 12.1 Å². The van der Waals surface area contributed by atoms with Gasteiger partial charge in [0.15, 0.2) is 0 Å². The number of benzene rings is 2. The van der Waals surface area contributed by atoms with Crippen LogP contribution in [0.1, 0.15) is 24.2 Å². The Morgan fingerprint density at radius 3 is 2.33 bits per heavy atom. The first-order chi connectivity index (χ1) is 10.1. The van der Waals surface area contributed by atoms with Crippen LogP contribution < -0.4 is 16.2 Å². The van der Waals surface area contributed by atoms with Gasteiger partial charge in [-0.05, 0) is 50.2 Å². The van der Waals surface area contributed by atoms with Crippen LogP contribution in [0.15, 0.2) is 48.5 Å². The van der Waals surface area contributed by atoms with Gasteiger partial charge >= 0.3 is 0 Å². The van der Waals surface area contributed by atoms with Crippen molar-refractivity contribution < 1.29 is 9.90 Å². The van der Waals surface area contributed by atoms with E-state index in [1.165, 1.54) is 0 Å². The molecule has 0 radical (unpaired) electrons. The fraction of sp³-hybridized carbons (Fsp3) is 0.188. The first-order valence-electron chi connectivity index (χ1n) is 6.77. The van der Waals surface area contributed by atoms with E-state index < -0.39 is 0 Å². The molecule has 0 aliphatic heterocycles. The minimum absolute atomic E-state index is 0.0793. The largest absolute Gasteiger partial charge is 0.508 e. The molecule has 0 aliphatic carbocycles. The average Bonchev–Trinajstić information content (AvgIpc) is 2.46. The number of anilines is 2. The summed E-state index contributed by atoms with van der Waals surface area (Å²) in [6.45, 7) is 3.84. The third-order valence-corrected chi connectivity index (χ3v) is 2.80. The van der Waals surface area contributed by atoms with E-state index in [-0.39, 0.29) is 17.7 Å². The zero-order valence-corrected chi connectivity index (χ0v) is 12.1. The van der Waals surface area contributed by atoms with Gasteiger partial charge in [-0.2, -0.15) is 0 Å². The molecule has 1 amide bonds. The predicted molar refractivity (Wildman–Crippen MR) is 84.4 cm³/mol. The van der Waals surface area contributed by atoms with Gasteiger partial charge in [0, 0.05) is 6.04 Å². The highest BCUT2D eigenvalue weighted by Gasteiger charge is 2.11. The topological polar surface area (TPSA) is 73.4 Å². The predicted octanol–water partition coefficient (Wildman–Crippen LogP) is 2.97. The first-order valence-corrected chi connectivity index (χ1v) is 6.77. The maximum absolute atomic E-state index is 12.1. The molecule has 21 heavy (non-hydrogen) atoms. The van der Waals surface area contributed by atoms with Gasteiger partial charge in [-0.15, -0.1) is 0 Å². The number of carbonyl (C=O) groups excluding carboxylic acids is 1. The molecule has 5 nitrogen and oxygen atoms in total. The average molecular weight is 285 g/mol. The van der Waals surface area contributed by atoms with Gasteiger partial charge in [-0.25, -0.2) is 0 Å². The molecular weight excluding hydrogens is 266 g/mol. The Kier molecular flexibility index (Phi) is 4.66. The summed E-state index contributed by atoms with van der Waals surface area (Å²) in [6, 6.07) is 14.0. The summed E-state index contributed by atoms with van der Waals surface area (Å²) in [6.07, 6.45) is 0. The van der Waals surface area contributed by atoms with Gasteiger partial charge in [0.05, 0.1) is 16.9 Å². The molecule has 0 spiro atoms. The molecule has 2 aromatic carbocycles. The van der Waals surface area contributed by atoms with E-state index in [4.69, 9.17) is 0 Å². The molecule has 110 valence electrons. The molecule has 4 N–H and O–H groups in total. The molecule has 2 aromatic rings. The molecule has 2 rings (SSSR count). The van der Waals surface area contributed by atoms with Crippen molar-refractivity contribution >= 4 is 17.3 Å². The van der Waals surface area contributed by atoms with Crippen LogP contribution in [0.2, 0.25) is 0 Å². The van der Waals surface area contributed by atoms with Crippen molar-refractivity contribution in [3.63, 3.8) is 0 Å². The summed E-state index contributed by atoms with van der Waals surface area (Å²) in [5.41, 5.74) is 8.04. The Balaban J connectivity index is 2.09. The molecule has 0 saturated heterocycles.